The lowest BCUT2D eigenvalue weighted by molar-refractivity contribution is -0.142. The van der Waals surface area contributed by atoms with Crippen LogP contribution in [0.1, 0.15) is 71.8 Å². The Bertz CT molecular complexity index is 1240. The van der Waals surface area contributed by atoms with Crippen LogP contribution in [-0.4, -0.2) is 74.7 Å². The molecule has 3 N–H and O–H groups in total. The van der Waals surface area contributed by atoms with Gasteiger partial charge in [-0.3, -0.25) is 9.59 Å². The number of aryl methyl sites for hydroxylation is 1. The molecule has 14 heteroatoms. The fraction of sp³-hybridized carbons (Fsp3) is 0.600. The van der Waals surface area contributed by atoms with Gasteiger partial charge in [0, 0.05) is 24.2 Å². The van der Waals surface area contributed by atoms with Crippen molar-refractivity contribution in [1.29, 1.82) is 0 Å². The molecule has 1 aliphatic heterocycles. The Hall–Kier alpha value is -2.87. The van der Waals surface area contributed by atoms with Gasteiger partial charge in [0.2, 0.25) is 0 Å². The lowest BCUT2D eigenvalue weighted by Crippen LogP contribution is -2.40. The minimum absolute atomic E-state index is 0.0289. The van der Waals surface area contributed by atoms with E-state index in [-0.39, 0.29) is 27.8 Å². The van der Waals surface area contributed by atoms with E-state index in [0.717, 1.165) is 22.7 Å². The van der Waals surface area contributed by atoms with Crippen molar-refractivity contribution < 1.29 is 36.6 Å². The number of hydrogen-bond donors (Lipinski definition) is 3. The molecule has 0 aromatic carbocycles. The summed E-state index contributed by atoms with van der Waals surface area (Å²) in [4.78, 5) is 36.0. The third-order valence-electron chi connectivity index (χ3n) is 7.09. The number of aliphatic hydroxyl groups excluding tert-OH is 1. The molecule has 0 unspecified atom stereocenters. The summed E-state index contributed by atoms with van der Waals surface area (Å²) in [6.45, 7) is 3.70. The predicted octanol–water partition coefficient (Wildman–Crippen LogP) is 4.78. The van der Waals surface area contributed by atoms with E-state index in [2.05, 4.69) is 20.6 Å². The highest BCUT2D eigenvalue weighted by Gasteiger charge is 2.46. The predicted molar refractivity (Wildman–Crippen MR) is 135 cm³/mol. The number of halogens is 5. The van der Waals surface area contributed by atoms with E-state index in [1.807, 2.05) is 0 Å². The Balaban J connectivity index is 1.69. The number of anilines is 1. The summed E-state index contributed by atoms with van der Waals surface area (Å²) >= 11 is 0.856. The smallest absolute Gasteiger partial charge is 0.391 e. The maximum absolute atomic E-state index is 14.1. The van der Waals surface area contributed by atoms with Gasteiger partial charge in [0.15, 0.2) is 5.01 Å². The van der Waals surface area contributed by atoms with Gasteiger partial charge in [-0.05, 0) is 51.2 Å². The number of pyridine rings is 1. The molecule has 2 aromatic heterocycles. The maximum Gasteiger partial charge on any atom is 0.408 e. The molecule has 1 saturated carbocycles. The largest absolute Gasteiger partial charge is 0.408 e. The summed E-state index contributed by atoms with van der Waals surface area (Å²) in [7, 11) is 0. The molecule has 2 aliphatic rings. The summed E-state index contributed by atoms with van der Waals surface area (Å²) in [5.41, 5.74) is 0.564. The van der Waals surface area contributed by atoms with Gasteiger partial charge in [0.1, 0.15) is 17.6 Å². The van der Waals surface area contributed by atoms with E-state index in [9.17, 15) is 36.6 Å². The zero-order valence-electron chi connectivity index (χ0n) is 21.6. The minimum Gasteiger partial charge on any atom is -0.391 e. The number of nitrogens with zero attached hydrogens (tertiary/aromatic N) is 3. The normalized spacial score (nSPS) is 23.6. The van der Waals surface area contributed by atoms with E-state index in [1.165, 1.54) is 26.1 Å². The fourth-order valence-corrected chi connectivity index (χ4v) is 6.01. The molecule has 0 bridgehead atoms. The second-order valence-electron chi connectivity index (χ2n) is 10.1. The van der Waals surface area contributed by atoms with E-state index < -0.39 is 61.1 Å². The van der Waals surface area contributed by atoms with E-state index in [1.54, 1.807) is 6.92 Å². The summed E-state index contributed by atoms with van der Waals surface area (Å²) in [5.74, 6) is -4.50. The van der Waals surface area contributed by atoms with Crippen LogP contribution in [0.5, 0.6) is 0 Å². The number of rotatable bonds is 7. The van der Waals surface area contributed by atoms with Crippen molar-refractivity contribution in [3.63, 3.8) is 0 Å². The number of likely N-dealkylation sites (tertiary alicyclic amines) is 1. The van der Waals surface area contributed by atoms with Crippen molar-refractivity contribution in [2.24, 2.45) is 0 Å². The number of carbonyl (C=O) groups is 2. The van der Waals surface area contributed by atoms with Crippen LogP contribution in [0, 0.1) is 6.92 Å². The van der Waals surface area contributed by atoms with Gasteiger partial charge >= 0.3 is 6.18 Å². The Morgan fingerprint density at radius 3 is 2.56 bits per heavy atom. The lowest BCUT2D eigenvalue weighted by atomic mass is 10.1. The number of nitrogens with one attached hydrogen (secondary N) is 2. The molecule has 39 heavy (non-hydrogen) atoms. The van der Waals surface area contributed by atoms with Gasteiger partial charge in [-0.25, -0.2) is 18.7 Å². The van der Waals surface area contributed by atoms with E-state index >= 15 is 0 Å². The first kappa shape index (κ1) is 29.1. The standard InChI is InChI=1S/C25H30F5N5O3S/c1-4-17(25(28,29)30)33-18-8-12(2)14(10-31-18)20-19(23(38)35-11-24(26,27)9-13(35)3)34-22(39-20)21(37)32-15-6-5-7-16(15)36/h8,10,13,15-17,36H,4-7,9,11H2,1-3H3,(H,31,33)(H,32,37)/t13-,15-,16-,17-/m0/s1. The zero-order chi connectivity index (χ0) is 28.7. The highest BCUT2D eigenvalue weighted by Crippen LogP contribution is 2.38. The van der Waals surface area contributed by atoms with Crippen LogP contribution in [0.15, 0.2) is 12.3 Å². The van der Waals surface area contributed by atoms with Gasteiger partial charge in [0.05, 0.1) is 23.6 Å². The molecular weight excluding hydrogens is 545 g/mol. The lowest BCUT2D eigenvalue weighted by Gasteiger charge is -2.21. The third kappa shape index (κ3) is 6.32. The Labute approximate surface area is 226 Å². The van der Waals surface area contributed by atoms with Crippen LogP contribution in [-0.2, 0) is 0 Å². The van der Waals surface area contributed by atoms with Crippen LogP contribution in [0.3, 0.4) is 0 Å². The van der Waals surface area contributed by atoms with Gasteiger partial charge in [-0.1, -0.05) is 6.92 Å². The van der Waals surface area contributed by atoms with Crippen molar-refractivity contribution in [1.82, 2.24) is 20.2 Å². The zero-order valence-corrected chi connectivity index (χ0v) is 22.4. The van der Waals surface area contributed by atoms with E-state index in [0.29, 0.717) is 24.0 Å². The van der Waals surface area contributed by atoms with Crippen LogP contribution in [0.2, 0.25) is 0 Å². The Morgan fingerprint density at radius 2 is 2.03 bits per heavy atom. The van der Waals surface area contributed by atoms with Gasteiger partial charge < -0.3 is 20.6 Å². The topological polar surface area (TPSA) is 107 Å². The molecule has 1 aliphatic carbocycles. The van der Waals surface area contributed by atoms with Crippen LogP contribution in [0.4, 0.5) is 27.8 Å². The van der Waals surface area contributed by atoms with Gasteiger partial charge in [-0.2, -0.15) is 13.2 Å². The summed E-state index contributed by atoms with van der Waals surface area (Å²) in [6.07, 6.45) is -2.80. The second-order valence-corrected chi connectivity index (χ2v) is 11.1. The highest BCUT2D eigenvalue weighted by atomic mass is 32.1. The molecule has 4 rings (SSSR count). The van der Waals surface area contributed by atoms with Crippen molar-refractivity contribution in [2.45, 2.75) is 89.2 Å². The molecular formula is C25H30F5N5O3S. The maximum atomic E-state index is 14.1. The average Bonchev–Trinajstić information content (AvgIpc) is 3.53. The number of hydrogen-bond acceptors (Lipinski definition) is 7. The van der Waals surface area contributed by atoms with Crippen LogP contribution in [0.25, 0.3) is 10.4 Å². The van der Waals surface area contributed by atoms with Gasteiger partial charge in [-0.15, -0.1) is 11.3 Å². The second kappa shape index (κ2) is 11.0. The van der Waals surface area contributed by atoms with Crippen molar-refractivity contribution in [3.05, 3.63) is 28.5 Å². The quantitative estimate of drug-likeness (QED) is 0.411. The number of aliphatic hydroxyl groups is 1. The first-order valence-corrected chi connectivity index (χ1v) is 13.5. The molecule has 4 atom stereocenters. The number of carbonyl (C=O) groups excluding carboxylic acids is 2. The first-order valence-electron chi connectivity index (χ1n) is 12.7. The monoisotopic (exact) mass is 575 g/mol. The van der Waals surface area contributed by atoms with Gasteiger partial charge in [0.25, 0.3) is 17.7 Å². The number of alkyl halides is 5. The van der Waals surface area contributed by atoms with Crippen molar-refractivity contribution >= 4 is 29.0 Å². The summed E-state index contributed by atoms with van der Waals surface area (Å²) in [5, 5.41) is 15.0. The average molecular weight is 576 g/mol. The SMILES string of the molecule is CC[C@H](Nc1cc(C)c(-c2sc(C(=O)N[C@H]3CCC[C@@H]3O)nc2C(=O)N2CC(F)(F)C[C@@H]2C)cn1)C(F)(F)F. The molecule has 2 amide bonds. The molecule has 2 fully saturated rings. The number of thiazole rings is 1. The molecule has 0 spiro atoms. The molecule has 0 radical (unpaired) electrons. The number of aromatic nitrogens is 2. The fourth-order valence-electron chi connectivity index (χ4n) is 4.97. The van der Waals surface area contributed by atoms with Crippen LogP contribution >= 0.6 is 11.3 Å². The van der Waals surface area contributed by atoms with Crippen molar-refractivity contribution in [2.75, 3.05) is 11.9 Å². The summed E-state index contributed by atoms with van der Waals surface area (Å²) in [6, 6.07) is -1.67. The highest BCUT2D eigenvalue weighted by molar-refractivity contribution is 7.17. The molecule has 2 aromatic rings. The third-order valence-corrected chi connectivity index (χ3v) is 8.18. The van der Waals surface area contributed by atoms with E-state index in [4.69, 9.17) is 0 Å². The molecule has 214 valence electrons. The first-order chi connectivity index (χ1) is 18.2. The molecule has 8 nitrogen and oxygen atoms in total. The Kier molecular flexibility index (Phi) is 8.18. The summed E-state index contributed by atoms with van der Waals surface area (Å²) < 4.78 is 67.8. The number of amides is 2. The Morgan fingerprint density at radius 1 is 1.31 bits per heavy atom. The molecule has 3 heterocycles. The molecule has 1 saturated heterocycles. The van der Waals surface area contributed by atoms with Crippen LogP contribution < -0.4 is 10.6 Å². The minimum atomic E-state index is -4.48. The van der Waals surface area contributed by atoms with Crippen molar-refractivity contribution in [3.8, 4) is 10.4 Å².